The van der Waals surface area contributed by atoms with Crippen molar-refractivity contribution >= 4 is 44.2 Å². The van der Waals surface area contributed by atoms with E-state index in [1.165, 1.54) is 66.5 Å². The fourth-order valence-corrected chi connectivity index (χ4v) is 4.47. The molecule has 4 aromatic rings. The molecule has 3 aromatic carbocycles. The van der Waals surface area contributed by atoms with E-state index in [4.69, 9.17) is 16.3 Å². The second kappa shape index (κ2) is 9.05. The van der Waals surface area contributed by atoms with Gasteiger partial charge in [0, 0.05) is 12.1 Å². The summed E-state index contributed by atoms with van der Waals surface area (Å²) in [4.78, 5) is 29.1. The van der Waals surface area contributed by atoms with Gasteiger partial charge < -0.3 is 4.74 Å². The molecule has 0 aliphatic heterocycles. The van der Waals surface area contributed by atoms with Crippen LogP contribution in [-0.4, -0.2) is 31.0 Å². The van der Waals surface area contributed by atoms with Gasteiger partial charge in [0.15, 0.2) is 0 Å². The average molecular weight is 484 g/mol. The van der Waals surface area contributed by atoms with Crippen LogP contribution in [0.5, 0.6) is 5.75 Å². The average Bonchev–Trinajstić information content (AvgIpc) is 2.81. The highest BCUT2D eigenvalue weighted by atomic mass is 35.5. The Hall–Kier alpha value is -3.69. The summed E-state index contributed by atoms with van der Waals surface area (Å²) in [6.45, 7) is -0.316. The quantitative estimate of drug-likeness (QED) is 0.307. The zero-order valence-corrected chi connectivity index (χ0v) is 19.0. The van der Waals surface area contributed by atoms with Crippen LogP contribution in [0.3, 0.4) is 0 Å². The van der Waals surface area contributed by atoms with E-state index in [9.17, 15) is 18.0 Å². The number of anilines is 1. The number of para-hydroxylation sites is 1. The molecule has 0 spiro atoms. The number of hydrogen-bond donors (Lipinski definition) is 0. The summed E-state index contributed by atoms with van der Waals surface area (Å²) in [5.74, 6) is -0.452. The van der Waals surface area contributed by atoms with Crippen LogP contribution in [0, 0.1) is 0 Å². The maximum atomic E-state index is 12.8. The third kappa shape index (κ3) is 4.74. The van der Waals surface area contributed by atoms with Crippen molar-refractivity contribution in [3.63, 3.8) is 0 Å². The maximum absolute atomic E-state index is 12.8. The lowest BCUT2D eigenvalue weighted by Gasteiger charge is -2.19. The van der Waals surface area contributed by atoms with E-state index in [-0.39, 0.29) is 22.7 Å². The maximum Gasteiger partial charge on any atom is 0.331 e. The summed E-state index contributed by atoms with van der Waals surface area (Å²) < 4.78 is 33.2. The number of halogens is 1. The van der Waals surface area contributed by atoms with Gasteiger partial charge >= 0.3 is 5.97 Å². The number of hydrogen-bond acceptors (Lipinski definition) is 6. The Morgan fingerprint density at radius 2 is 1.70 bits per heavy atom. The molecule has 10 heteroatoms. The predicted octanol–water partition coefficient (Wildman–Crippen LogP) is 3.48. The number of carbonyl (C=O) groups excluding carboxylic acids is 1. The Labute approximate surface area is 194 Å². The lowest BCUT2D eigenvalue weighted by atomic mass is 10.2. The number of rotatable bonds is 6. The van der Waals surface area contributed by atoms with E-state index in [0.717, 1.165) is 4.31 Å². The summed E-state index contributed by atoms with van der Waals surface area (Å²) in [6, 6.07) is 18.7. The summed E-state index contributed by atoms with van der Waals surface area (Å²) >= 11 is 5.83. The molecule has 0 fully saturated rings. The van der Waals surface area contributed by atoms with Crippen molar-refractivity contribution in [2.75, 3.05) is 11.4 Å². The van der Waals surface area contributed by atoms with Gasteiger partial charge in [-0.1, -0.05) is 23.7 Å². The molecule has 168 valence electrons. The van der Waals surface area contributed by atoms with E-state index in [0.29, 0.717) is 21.6 Å². The Kier molecular flexibility index (Phi) is 6.17. The molecular weight excluding hydrogens is 466 g/mol. The van der Waals surface area contributed by atoms with Gasteiger partial charge in [-0.3, -0.25) is 13.7 Å². The molecule has 1 heterocycles. The highest BCUT2D eigenvalue weighted by Gasteiger charge is 2.21. The van der Waals surface area contributed by atoms with Crippen molar-refractivity contribution in [1.29, 1.82) is 0 Å². The first-order valence-corrected chi connectivity index (χ1v) is 11.6. The van der Waals surface area contributed by atoms with Gasteiger partial charge in [0.1, 0.15) is 12.3 Å². The number of fused-ring (bicyclic) bond motifs is 1. The largest absolute Gasteiger partial charge is 0.425 e. The molecule has 0 amide bonds. The van der Waals surface area contributed by atoms with E-state index in [1.807, 2.05) is 0 Å². The topological polar surface area (TPSA) is 98.6 Å². The minimum absolute atomic E-state index is 0.0966. The molecule has 0 N–H and O–H groups in total. The molecule has 0 saturated heterocycles. The van der Waals surface area contributed by atoms with Crippen molar-refractivity contribution in [2.24, 2.45) is 0 Å². The van der Waals surface area contributed by atoms with Gasteiger partial charge in [-0.15, -0.1) is 0 Å². The first-order chi connectivity index (χ1) is 15.8. The van der Waals surface area contributed by atoms with Gasteiger partial charge in [0.25, 0.3) is 15.6 Å². The van der Waals surface area contributed by atoms with Gasteiger partial charge in [0.05, 0.1) is 27.8 Å². The van der Waals surface area contributed by atoms with Crippen LogP contribution in [0.25, 0.3) is 10.9 Å². The normalized spacial score (nSPS) is 11.3. The van der Waals surface area contributed by atoms with Crippen molar-refractivity contribution in [1.82, 2.24) is 9.55 Å². The molecule has 0 saturated carbocycles. The predicted molar refractivity (Wildman–Crippen MR) is 125 cm³/mol. The third-order valence-electron chi connectivity index (χ3n) is 4.94. The number of esters is 1. The molecule has 0 aliphatic rings. The summed E-state index contributed by atoms with van der Waals surface area (Å²) in [6.07, 6.45) is 1.30. The highest BCUT2D eigenvalue weighted by Crippen LogP contribution is 2.25. The zero-order chi connectivity index (χ0) is 23.6. The van der Waals surface area contributed by atoms with Crippen molar-refractivity contribution in [3.05, 3.63) is 94.5 Å². The minimum Gasteiger partial charge on any atom is -0.425 e. The van der Waals surface area contributed by atoms with E-state index in [2.05, 4.69) is 4.98 Å². The second-order valence-electron chi connectivity index (χ2n) is 7.09. The lowest BCUT2D eigenvalue weighted by molar-refractivity contribution is -0.135. The zero-order valence-electron chi connectivity index (χ0n) is 17.4. The monoisotopic (exact) mass is 483 g/mol. The van der Waals surface area contributed by atoms with Crippen LogP contribution >= 0.6 is 11.6 Å². The molecule has 33 heavy (non-hydrogen) atoms. The molecule has 0 bridgehead atoms. The van der Waals surface area contributed by atoms with E-state index in [1.54, 1.807) is 24.3 Å². The van der Waals surface area contributed by atoms with Crippen LogP contribution in [0.1, 0.15) is 0 Å². The Morgan fingerprint density at radius 3 is 2.39 bits per heavy atom. The van der Waals surface area contributed by atoms with Gasteiger partial charge in [-0.2, -0.15) is 0 Å². The van der Waals surface area contributed by atoms with Crippen LogP contribution in [0.15, 0.2) is 88.8 Å². The first-order valence-electron chi connectivity index (χ1n) is 9.75. The number of carbonyl (C=O) groups is 1. The first kappa shape index (κ1) is 22.5. The van der Waals surface area contributed by atoms with Crippen LogP contribution in [-0.2, 0) is 21.4 Å². The molecule has 0 atom stereocenters. The van der Waals surface area contributed by atoms with Crippen molar-refractivity contribution < 1.29 is 17.9 Å². The molecule has 4 rings (SSSR count). The fourth-order valence-electron chi connectivity index (χ4n) is 3.15. The number of ether oxygens (including phenoxy) is 1. The Balaban J connectivity index is 1.46. The Morgan fingerprint density at radius 1 is 1.03 bits per heavy atom. The van der Waals surface area contributed by atoms with Crippen LogP contribution in [0.2, 0.25) is 5.02 Å². The number of benzene rings is 3. The highest BCUT2D eigenvalue weighted by molar-refractivity contribution is 7.92. The molecule has 0 radical (unpaired) electrons. The van der Waals surface area contributed by atoms with Gasteiger partial charge in [0.2, 0.25) is 0 Å². The molecule has 8 nitrogen and oxygen atoms in total. The smallest absolute Gasteiger partial charge is 0.331 e. The van der Waals surface area contributed by atoms with Crippen LogP contribution < -0.4 is 14.6 Å². The minimum atomic E-state index is -3.79. The van der Waals surface area contributed by atoms with Crippen LogP contribution in [0.4, 0.5) is 5.69 Å². The van der Waals surface area contributed by atoms with E-state index < -0.39 is 16.0 Å². The molecule has 0 aliphatic carbocycles. The van der Waals surface area contributed by atoms with Crippen molar-refractivity contribution in [2.45, 2.75) is 11.4 Å². The molecular formula is C23H18ClN3O5S. The number of aromatic nitrogens is 2. The standard InChI is InChI=1S/C23H18ClN3O5S/c1-26(33(30,31)19-12-6-16(24)7-13-19)17-8-10-18(11-9-17)32-22(28)14-27-15-25-21-5-3-2-4-20(21)23(27)29/h2-13,15H,14H2,1H3. The summed E-state index contributed by atoms with van der Waals surface area (Å²) in [5.41, 5.74) is 0.571. The fraction of sp³-hybridized carbons (Fsp3) is 0.0870. The lowest BCUT2D eigenvalue weighted by Crippen LogP contribution is -2.27. The van der Waals surface area contributed by atoms with Gasteiger partial charge in [-0.05, 0) is 60.7 Å². The van der Waals surface area contributed by atoms with Crippen molar-refractivity contribution in [3.8, 4) is 5.75 Å². The van der Waals surface area contributed by atoms with E-state index >= 15 is 0 Å². The number of nitrogens with zero attached hydrogens (tertiary/aromatic N) is 3. The molecule has 0 unspecified atom stereocenters. The number of sulfonamides is 1. The van der Waals surface area contributed by atoms with Gasteiger partial charge in [-0.25, -0.2) is 18.2 Å². The molecule has 1 aromatic heterocycles. The summed E-state index contributed by atoms with van der Waals surface area (Å²) in [5, 5.41) is 0.839. The third-order valence-corrected chi connectivity index (χ3v) is 6.99. The second-order valence-corrected chi connectivity index (χ2v) is 9.49. The Bertz CT molecular complexity index is 1480. The SMILES string of the molecule is CN(c1ccc(OC(=O)Cn2cnc3ccccc3c2=O)cc1)S(=O)(=O)c1ccc(Cl)cc1. The summed E-state index contributed by atoms with van der Waals surface area (Å²) in [7, 11) is -2.37.